The van der Waals surface area contributed by atoms with Crippen LogP contribution in [0, 0.1) is 11.3 Å². The van der Waals surface area contributed by atoms with E-state index in [4.69, 9.17) is 5.26 Å². The zero-order valence-electron chi connectivity index (χ0n) is 7.99. The summed E-state index contributed by atoms with van der Waals surface area (Å²) in [6, 6.07) is 1.96. The van der Waals surface area contributed by atoms with Crippen molar-refractivity contribution in [2.24, 2.45) is 0 Å². The van der Waals surface area contributed by atoms with Crippen LogP contribution in [0.4, 0.5) is 0 Å². The zero-order valence-corrected chi connectivity index (χ0v) is 7.99. The van der Waals surface area contributed by atoms with Crippen LogP contribution in [0.15, 0.2) is 12.4 Å². The quantitative estimate of drug-likeness (QED) is 0.750. The monoisotopic (exact) mass is 178 g/mol. The molecule has 1 N–H and O–H groups in total. The van der Waals surface area contributed by atoms with Gasteiger partial charge in [-0.05, 0) is 13.5 Å². The fourth-order valence-corrected chi connectivity index (χ4v) is 1.14. The lowest BCUT2D eigenvalue weighted by Gasteiger charge is -2.05. The second kappa shape index (κ2) is 4.63. The van der Waals surface area contributed by atoms with Gasteiger partial charge in [-0.15, -0.1) is 0 Å². The van der Waals surface area contributed by atoms with Gasteiger partial charge in [-0.2, -0.15) is 10.4 Å². The molecule has 0 spiro atoms. The van der Waals surface area contributed by atoms with Crippen molar-refractivity contribution in [3.63, 3.8) is 0 Å². The van der Waals surface area contributed by atoms with E-state index < -0.39 is 0 Å². The molecule has 1 heterocycles. The average Bonchev–Trinajstić information content (AvgIpc) is 2.62. The van der Waals surface area contributed by atoms with Gasteiger partial charge in [0, 0.05) is 18.3 Å². The first-order chi connectivity index (χ1) is 6.31. The predicted octanol–water partition coefficient (Wildman–Crippen LogP) is 1.08. The van der Waals surface area contributed by atoms with Crippen molar-refractivity contribution in [1.29, 1.82) is 5.26 Å². The summed E-state index contributed by atoms with van der Waals surface area (Å²) < 4.78 is 1.82. The van der Waals surface area contributed by atoms with Gasteiger partial charge in [0.25, 0.3) is 0 Å². The molecule has 0 bridgehead atoms. The van der Waals surface area contributed by atoms with Crippen LogP contribution in [0.25, 0.3) is 0 Å². The first kappa shape index (κ1) is 9.75. The molecule has 0 aliphatic heterocycles. The van der Waals surface area contributed by atoms with Crippen molar-refractivity contribution < 1.29 is 0 Å². The first-order valence-corrected chi connectivity index (χ1v) is 4.47. The average molecular weight is 178 g/mol. The lowest BCUT2D eigenvalue weighted by molar-refractivity contribution is 0.645. The zero-order chi connectivity index (χ0) is 9.68. The van der Waals surface area contributed by atoms with Crippen LogP contribution in [0.1, 0.15) is 25.5 Å². The third kappa shape index (κ3) is 2.30. The SMILES string of the molecule is CCNC(C#N)c1cnn(CC)c1. The molecule has 0 aromatic carbocycles. The normalized spacial score (nSPS) is 12.4. The number of hydrogen-bond acceptors (Lipinski definition) is 3. The van der Waals surface area contributed by atoms with Crippen LogP contribution in [-0.2, 0) is 6.54 Å². The van der Waals surface area contributed by atoms with Crippen molar-refractivity contribution in [2.75, 3.05) is 6.54 Å². The minimum absolute atomic E-state index is 0.231. The molecule has 13 heavy (non-hydrogen) atoms. The van der Waals surface area contributed by atoms with Gasteiger partial charge in [-0.1, -0.05) is 6.92 Å². The summed E-state index contributed by atoms with van der Waals surface area (Å²) in [6.07, 6.45) is 3.64. The summed E-state index contributed by atoms with van der Waals surface area (Å²) in [5.74, 6) is 0. The molecular formula is C9H14N4. The van der Waals surface area contributed by atoms with Crippen molar-refractivity contribution in [3.05, 3.63) is 18.0 Å². The van der Waals surface area contributed by atoms with E-state index >= 15 is 0 Å². The summed E-state index contributed by atoms with van der Waals surface area (Å²) in [4.78, 5) is 0. The van der Waals surface area contributed by atoms with Crippen molar-refractivity contribution in [2.45, 2.75) is 26.4 Å². The fraction of sp³-hybridized carbons (Fsp3) is 0.556. The molecule has 1 aromatic heterocycles. The number of aryl methyl sites for hydroxylation is 1. The second-order valence-electron chi connectivity index (χ2n) is 2.75. The molecule has 70 valence electrons. The Hall–Kier alpha value is -1.34. The van der Waals surface area contributed by atoms with Gasteiger partial charge in [0.1, 0.15) is 6.04 Å². The van der Waals surface area contributed by atoms with E-state index in [0.717, 1.165) is 18.7 Å². The van der Waals surface area contributed by atoms with Crippen molar-refractivity contribution in [3.8, 4) is 6.07 Å². The Labute approximate surface area is 78.2 Å². The van der Waals surface area contributed by atoms with E-state index in [1.807, 2.05) is 24.7 Å². The highest BCUT2D eigenvalue weighted by Crippen LogP contribution is 2.09. The fourth-order valence-electron chi connectivity index (χ4n) is 1.14. The van der Waals surface area contributed by atoms with Gasteiger partial charge < -0.3 is 0 Å². The summed E-state index contributed by atoms with van der Waals surface area (Å²) in [7, 11) is 0. The van der Waals surface area contributed by atoms with Crippen LogP contribution in [-0.4, -0.2) is 16.3 Å². The molecule has 1 aromatic rings. The van der Waals surface area contributed by atoms with E-state index in [2.05, 4.69) is 16.5 Å². The smallest absolute Gasteiger partial charge is 0.124 e. The summed E-state index contributed by atoms with van der Waals surface area (Å²) in [6.45, 7) is 5.62. The van der Waals surface area contributed by atoms with E-state index in [9.17, 15) is 0 Å². The molecule has 4 nitrogen and oxygen atoms in total. The highest BCUT2D eigenvalue weighted by atomic mass is 15.3. The predicted molar refractivity (Wildman–Crippen MR) is 49.9 cm³/mol. The van der Waals surface area contributed by atoms with Crippen molar-refractivity contribution in [1.82, 2.24) is 15.1 Å². The number of nitriles is 1. The summed E-state index contributed by atoms with van der Waals surface area (Å²) in [5, 5.41) is 16.0. The van der Waals surface area contributed by atoms with Gasteiger partial charge in [0.15, 0.2) is 0 Å². The Morgan fingerprint density at radius 1 is 1.69 bits per heavy atom. The lowest BCUT2D eigenvalue weighted by Crippen LogP contribution is -2.18. The van der Waals surface area contributed by atoms with Gasteiger partial charge in [0.2, 0.25) is 0 Å². The van der Waals surface area contributed by atoms with Gasteiger partial charge in [-0.3, -0.25) is 10.00 Å². The van der Waals surface area contributed by atoms with Gasteiger partial charge >= 0.3 is 0 Å². The van der Waals surface area contributed by atoms with Crippen LogP contribution in [0.3, 0.4) is 0 Å². The molecule has 0 amide bonds. The number of rotatable bonds is 4. The van der Waals surface area contributed by atoms with Crippen molar-refractivity contribution >= 4 is 0 Å². The van der Waals surface area contributed by atoms with Gasteiger partial charge in [-0.25, -0.2) is 0 Å². The van der Waals surface area contributed by atoms with E-state index in [1.165, 1.54) is 0 Å². The molecule has 1 rings (SSSR count). The maximum absolute atomic E-state index is 8.84. The molecule has 0 saturated carbocycles. The number of hydrogen-bond donors (Lipinski definition) is 1. The highest BCUT2D eigenvalue weighted by Gasteiger charge is 2.10. The molecular weight excluding hydrogens is 164 g/mol. The van der Waals surface area contributed by atoms with Crippen LogP contribution >= 0.6 is 0 Å². The number of aromatic nitrogens is 2. The molecule has 0 aliphatic rings. The third-order valence-corrected chi connectivity index (χ3v) is 1.85. The Bertz CT molecular complexity index is 297. The topological polar surface area (TPSA) is 53.6 Å². The summed E-state index contributed by atoms with van der Waals surface area (Å²) >= 11 is 0. The molecule has 0 aliphatic carbocycles. The molecule has 1 atom stereocenters. The van der Waals surface area contributed by atoms with Gasteiger partial charge in [0.05, 0.1) is 12.3 Å². The minimum Gasteiger partial charge on any atom is -0.298 e. The number of nitrogens with one attached hydrogen (secondary N) is 1. The largest absolute Gasteiger partial charge is 0.298 e. The molecule has 0 fully saturated rings. The minimum atomic E-state index is -0.231. The maximum Gasteiger partial charge on any atom is 0.124 e. The molecule has 0 radical (unpaired) electrons. The lowest BCUT2D eigenvalue weighted by atomic mass is 10.2. The second-order valence-corrected chi connectivity index (χ2v) is 2.75. The van der Waals surface area contributed by atoms with E-state index in [1.54, 1.807) is 6.20 Å². The van der Waals surface area contributed by atoms with Crippen LogP contribution < -0.4 is 5.32 Å². The van der Waals surface area contributed by atoms with Crippen LogP contribution in [0.2, 0.25) is 0 Å². The Kier molecular flexibility index (Phi) is 3.47. The molecule has 4 heteroatoms. The molecule has 1 unspecified atom stereocenters. The highest BCUT2D eigenvalue weighted by molar-refractivity contribution is 5.17. The third-order valence-electron chi connectivity index (χ3n) is 1.85. The maximum atomic E-state index is 8.84. The van der Waals surface area contributed by atoms with E-state index in [0.29, 0.717) is 0 Å². The van der Waals surface area contributed by atoms with Crippen LogP contribution in [0.5, 0.6) is 0 Å². The Morgan fingerprint density at radius 3 is 2.92 bits per heavy atom. The standard InChI is InChI=1S/C9H14N4/c1-3-11-9(5-10)8-6-12-13(4-2)7-8/h6-7,9,11H,3-4H2,1-2H3. The number of nitrogens with zero attached hydrogens (tertiary/aromatic N) is 3. The van der Waals surface area contributed by atoms with E-state index in [-0.39, 0.29) is 6.04 Å². The first-order valence-electron chi connectivity index (χ1n) is 4.47. The Balaban J connectivity index is 2.74. The summed E-state index contributed by atoms with van der Waals surface area (Å²) in [5.41, 5.74) is 0.936. The Morgan fingerprint density at radius 2 is 2.46 bits per heavy atom. The molecule has 0 saturated heterocycles.